The number of aromatic nitrogens is 3. The predicted octanol–water partition coefficient (Wildman–Crippen LogP) is 3.15. The predicted molar refractivity (Wildman–Crippen MR) is 125 cm³/mol. The lowest BCUT2D eigenvalue weighted by atomic mass is 10.1. The average Bonchev–Trinajstić information content (AvgIpc) is 3.35. The van der Waals surface area contributed by atoms with Crippen LogP contribution in [0, 0.1) is 11.7 Å². The topological polar surface area (TPSA) is 123 Å². The van der Waals surface area contributed by atoms with Gasteiger partial charge in [0, 0.05) is 24.4 Å². The van der Waals surface area contributed by atoms with Gasteiger partial charge in [0.2, 0.25) is 5.95 Å². The van der Waals surface area contributed by atoms with Crippen LogP contribution >= 0.6 is 11.3 Å². The molecule has 0 amide bonds. The number of halogens is 1. The summed E-state index contributed by atoms with van der Waals surface area (Å²) in [5.74, 6) is -0.171. The van der Waals surface area contributed by atoms with E-state index in [2.05, 4.69) is 25.6 Å². The van der Waals surface area contributed by atoms with E-state index in [4.69, 9.17) is 0 Å². The quantitative estimate of drug-likeness (QED) is 0.293. The molecule has 4 aromatic rings. The number of anilines is 3. The number of hydrogen-bond donors (Lipinski definition) is 5. The molecule has 2 aromatic heterocycles. The molecule has 0 saturated heterocycles. The number of nitrogens with one attached hydrogen (secondary N) is 2. The summed E-state index contributed by atoms with van der Waals surface area (Å²) in [5, 5.41) is 37.1. The summed E-state index contributed by atoms with van der Waals surface area (Å²) in [5.41, 5.74) is 1.97. The Morgan fingerprint density at radius 2 is 1.91 bits per heavy atom. The minimum absolute atomic E-state index is 0.225. The van der Waals surface area contributed by atoms with Crippen LogP contribution < -0.4 is 10.6 Å². The molecule has 4 unspecified atom stereocenters. The Balaban J connectivity index is 1.52. The van der Waals surface area contributed by atoms with E-state index in [0.717, 1.165) is 10.2 Å². The summed E-state index contributed by atoms with van der Waals surface area (Å²) in [4.78, 5) is 13.6. The first-order valence-corrected chi connectivity index (χ1v) is 11.3. The molecule has 170 valence electrons. The lowest BCUT2D eigenvalue weighted by Gasteiger charge is -2.20. The second kappa shape index (κ2) is 8.99. The fourth-order valence-corrected chi connectivity index (χ4v) is 4.99. The summed E-state index contributed by atoms with van der Waals surface area (Å²) in [6.45, 7) is -0.225. The van der Waals surface area contributed by atoms with E-state index in [1.165, 1.54) is 23.5 Å². The Morgan fingerprint density at radius 1 is 1.06 bits per heavy atom. The first-order chi connectivity index (χ1) is 16.0. The summed E-state index contributed by atoms with van der Waals surface area (Å²) in [6.07, 6.45) is -0.116. The van der Waals surface area contributed by atoms with Gasteiger partial charge in [0.05, 0.1) is 27.9 Å². The van der Waals surface area contributed by atoms with Crippen LogP contribution in [0.3, 0.4) is 0 Å². The fraction of sp³-hybridized carbons (Fsp3) is 0.261. The van der Waals surface area contributed by atoms with Gasteiger partial charge in [0.1, 0.15) is 22.7 Å². The molecule has 2 aromatic carbocycles. The van der Waals surface area contributed by atoms with Crippen molar-refractivity contribution in [1.29, 1.82) is 0 Å². The molecule has 10 heteroatoms. The molecule has 0 spiro atoms. The number of fused-ring (bicyclic) bond motifs is 1. The van der Waals surface area contributed by atoms with Gasteiger partial charge in [-0.05, 0) is 36.8 Å². The lowest BCUT2D eigenvalue weighted by Crippen LogP contribution is -2.35. The fourth-order valence-electron chi connectivity index (χ4n) is 4.02. The number of aliphatic hydroxyl groups is 3. The standard InChI is InChI=1S/C23H22FN5O3S/c24-13-4-3-5-14(9-13)26-23-25-10-15(22-28-16-6-1-2-7-18(16)33-22)21(29-23)27-17-8-12(11-30)19(31)20(17)32/h1-7,9-10,12,17,19-20,30-32H,8,11H2,(H2,25,26,27,29). The second-order valence-electron chi connectivity index (χ2n) is 7.99. The van der Waals surface area contributed by atoms with Crippen LogP contribution in [0.5, 0.6) is 0 Å². The van der Waals surface area contributed by atoms with Gasteiger partial charge in [-0.15, -0.1) is 11.3 Å². The molecule has 0 aliphatic heterocycles. The van der Waals surface area contributed by atoms with E-state index in [0.29, 0.717) is 28.5 Å². The van der Waals surface area contributed by atoms with Crippen LogP contribution in [0.2, 0.25) is 0 Å². The van der Waals surface area contributed by atoms with Crippen molar-refractivity contribution in [3.63, 3.8) is 0 Å². The van der Waals surface area contributed by atoms with E-state index in [1.54, 1.807) is 18.3 Å². The molecule has 0 radical (unpaired) electrons. The van der Waals surface area contributed by atoms with Crippen LogP contribution in [0.1, 0.15) is 6.42 Å². The van der Waals surface area contributed by atoms with Crippen LogP contribution in [0.25, 0.3) is 20.8 Å². The molecule has 4 atom stereocenters. The van der Waals surface area contributed by atoms with Crippen molar-refractivity contribution >= 4 is 39.0 Å². The van der Waals surface area contributed by atoms with Crippen LogP contribution in [0.4, 0.5) is 21.8 Å². The number of rotatable bonds is 6. The van der Waals surface area contributed by atoms with Crippen molar-refractivity contribution in [3.8, 4) is 10.6 Å². The highest BCUT2D eigenvalue weighted by atomic mass is 32.1. The molecule has 33 heavy (non-hydrogen) atoms. The van der Waals surface area contributed by atoms with E-state index in [9.17, 15) is 19.7 Å². The van der Waals surface area contributed by atoms with E-state index in [1.807, 2.05) is 24.3 Å². The molecule has 5 N–H and O–H groups in total. The largest absolute Gasteiger partial charge is 0.396 e. The minimum Gasteiger partial charge on any atom is -0.396 e. The number of benzene rings is 2. The highest BCUT2D eigenvalue weighted by molar-refractivity contribution is 7.21. The number of hydrogen-bond acceptors (Lipinski definition) is 9. The van der Waals surface area contributed by atoms with Crippen LogP contribution in [-0.2, 0) is 0 Å². The average molecular weight is 468 g/mol. The van der Waals surface area contributed by atoms with Crippen molar-refractivity contribution in [2.24, 2.45) is 5.92 Å². The number of aliphatic hydroxyl groups excluding tert-OH is 3. The second-order valence-corrected chi connectivity index (χ2v) is 9.02. The summed E-state index contributed by atoms with van der Waals surface area (Å²) < 4.78 is 14.6. The molecule has 0 bridgehead atoms. The van der Waals surface area contributed by atoms with Gasteiger partial charge < -0.3 is 26.0 Å². The molecule has 8 nitrogen and oxygen atoms in total. The molecule has 5 rings (SSSR count). The van der Waals surface area contributed by atoms with Crippen molar-refractivity contribution < 1.29 is 19.7 Å². The van der Waals surface area contributed by atoms with Crippen LogP contribution in [-0.4, -0.2) is 55.1 Å². The van der Waals surface area contributed by atoms with Crippen molar-refractivity contribution in [2.45, 2.75) is 24.7 Å². The third-order valence-electron chi connectivity index (χ3n) is 5.75. The highest BCUT2D eigenvalue weighted by Crippen LogP contribution is 2.36. The zero-order chi connectivity index (χ0) is 22.9. The molecular formula is C23H22FN5O3S. The Kier molecular flexibility index (Phi) is 5.90. The number of para-hydroxylation sites is 1. The first-order valence-electron chi connectivity index (χ1n) is 10.5. The van der Waals surface area contributed by atoms with Gasteiger partial charge in [-0.3, -0.25) is 0 Å². The number of thiazole rings is 1. The summed E-state index contributed by atoms with van der Waals surface area (Å²) >= 11 is 1.49. The van der Waals surface area contributed by atoms with Gasteiger partial charge in [0.25, 0.3) is 0 Å². The zero-order valence-electron chi connectivity index (χ0n) is 17.4. The number of nitrogens with zero attached hydrogens (tertiary/aromatic N) is 3. The van der Waals surface area contributed by atoms with Crippen molar-refractivity contribution in [3.05, 3.63) is 60.5 Å². The van der Waals surface area contributed by atoms with Gasteiger partial charge in [0.15, 0.2) is 0 Å². The Morgan fingerprint density at radius 3 is 2.67 bits per heavy atom. The monoisotopic (exact) mass is 467 g/mol. The lowest BCUT2D eigenvalue weighted by molar-refractivity contribution is 0.00446. The van der Waals surface area contributed by atoms with Crippen molar-refractivity contribution in [2.75, 3.05) is 17.2 Å². The minimum atomic E-state index is -1.07. The van der Waals surface area contributed by atoms with E-state index >= 15 is 0 Å². The molecule has 1 fully saturated rings. The summed E-state index contributed by atoms with van der Waals surface area (Å²) in [7, 11) is 0. The third-order valence-corrected chi connectivity index (χ3v) is 6.82. The molecule has 2 heterocycles. The summed E-state index contributed by atoms with van der Waals surface area (Å²) in [6, 6.07) is 13.2. The SMILES string of the molecule is OCC1CC(Nc2nc(Nc3cccc(F)c3)ncc2-c2nc3ccccc3s2)C(O)C1O. The normalized spacial score (nSPS) is 22.5. The maximum Gasteiger partial charge on any atom is 0.229 e. The smallest absolute Gasteiger partial charge is 0.229 e. The van der Waals surface area contributed by atoms with Gasteiger partial charge in [-0.1, -0.05) is 18.2 Å². The van der Waals surface area contributed by atoms with Gasteiger partial charge in [-0.2, -0.15) is 4.98 Å². The zero-order valence-corrected chi connectivity index (χ0v) is 18.2. The van der Waals surface area contributed by atoms with E-state index in [-0.39, 0.29) is 18.4 Å². The van der Waals surface area contributed by atoms with Gasteiger partial charge in [-0.25, -0.2) is 14.4 Å². The van der Waals surface area contributed by atoms with Crippen molar-refractivity contribution in [1.82, 2.24) is 15.0 Å². The molecule has 1 aliphatic rings. The first kappa shape index (κ1) is 21.7. The molecule has 1 saturated carbocycles. The maximum atomic E-state index is 13.6. The third kappa shape index (κ3) is 4.38. The molecule has 1 aliphatic carbocycles. The molecular weight excluding hydrogens is 445 g/mol. The van der Waals surface area contributed by atoms with Gasteiger partial charge >= 0.3 is 0 Å². The highest BCUT2D eigenvalue weighted by Gasteiger charge is 2.41. The van der Waals surface area contributed by atoms with Crippen LogP contribution in [0.15, 0.2) is 54.7 Å². The Labute approximate surface area is 192 Å². The Hall–Kier alpha value is -3.18. The maximum absolute atomic E-state index is 13.6. The van der Waals surface area contributed by atoms with E-state index < -0.39 is 24.2 Å². The Bertz CT molecular complexity index is 1250.